The van der Waals surface area contributed by atoms with E-state index in [1.165, 1.54) is 6.26 Å². The second-order valence-electron chi connectivity index (χ2n) is 2.75. The molecule has 1 aliphatic heterocycles. The van der Waals surface area contributed by atoms with Crippen LogP contribution in [0, 0.1) is 0 Å². The largest absolute Gasteiger partial charge is 0.494 e. The van der Waals surface area contributed by atoms with Crippen LogP contribution in [0.1, 0.15) is 0 Å². The predicted molar refractivity (Wildman–Crippen MR) is 46.1 cm³/mol. The van der Waals surface area contributed by atoms with Gasteiger partial charge in [0.15, 0.2) is 0 Å². The van der Waals surface area contributed by atoms with Gasteiger partial charge >= 0.3 is 0 Å². The van der Waals surface area contributed by atoms with E-state index < -0.39 is 18.6 Å². The van der Waals surface area contributed by atoms with Crippen molar-refractivity contribution >= 4 is 5.91 Å². The second kappa shape index (κ2) is 5.46. The Morgan fingerprint density at radius 1 is 1.64 bits per heavy atom. The monoisotopic (exact) mass is 203 g/mol. The number of rotatable bonds is 4. The molecule has 0 saturated heterocycles. The van der Waals surface area contributed by atoms with Gasteiger partial charge in [-0.05, 0) is 0 Å². The zero-order valence-electron chi connectivity index (χ0n) is 7.60. The average molecular weight is 203 g/mol. The summed E-state index contributed by atoms with van der Waals surface area (Å²) in [4.78, 5) is 11.2. The first-order valence-corrected chi connectivity index (χ1v) is 4.25. The van der Waals surface area contributed by atoms with Crippen molar-refractivity contribution in [2.45, 2.75) is 6.10 Å². The lowest BCUT2D eigenvalue weighted by atomic mass is 10.3. The molecular formula is C8H13NO5. The van der Waals surface area contributed by atoms with Gasteiger partial charge in [0, 0.05) is 6.54 Å². The molecule has 1 aliphatic rings. The average Bonchev–Trinajstić information content (AvgIpc) is 2.26. The molecule has 1 atom stereocenters. The van der Waals surface area contributed by atoms with Crippen molar-refractivity contribution < 1.29 is 24.5 Å². The molecule has 3 N–H and O–H groups in total. The zero-order valence-corrected chi connectivity index (χ0v) is 7.60. The Kier molecular flexibility index (Phi) is 4.21. The highest BCUT2D eigenvalue weighted by Crippen LogP contribution is 2.03. The molecule has 0 aromatic rings. The number of aliphatic hydroxyl groups is 2. The first-order chi connectivity index (χ1) is 6.74. The third kappa shape index (κ3) is 3.23. The molecule has 1 unspecified atom stereocenters. The van der Waals surface area contributed by atoms with Crippen LogP contribution in [0.3, 0.4) is 0 Å². The minimum Gasteiger partial charge on any atom is -0.494 e. The minimum atomic E-state index is -0.955. The maximum absolute atomic E-state index is 11.2. The van der Waals surface area contributed by atoms with Gasteiger partial charge in [-0.3, -0.25) is 4.79 Å². The summed E-state index contributed by atoms with van der Waals surface area (Å²) in [5.41, 5.74) is 0. The summed E-state index contributed by atoms with van der Waals surface area (Å²) in [7, 11) is 0. The maximum Gasteiger partial charge on any atom is 0.289 e. The Morgan fingerprint density at radius 3 is 3.00 bits per heavy atom. The number of aliphatic hydroxyl groups excluding tert-OH is 2. The molecule has 0 fully saturated rings. The molecule has 0 bridgehead atoms. The first-order valence-electron chi connectivity index (χ1n) is 4.25. The fourth-order valence-electron chi connectivity index (χ4n) is 0.850. The number of ether oxygens (including phenoxy) is 2. The van der Waals surface area contributed by atoms with Crippen LogP contribution < -0.4 is 5.32 Å². The van der Waals surface area contributed by atoms with Gasteiger partial charge in [0.2, 0.25) is 5.76 Å². The Balaban J connectivity index is 2.30. The maximum atomic E-state index is 11.2. The lowest BCUT2D eigenvalue weighted by Gasteiger charge is -2.15. The van der Waals surface area contributed by atoms with Gasteiger partial charge in [0.1, 0.15) is 19.5 Å². The summed E-state index contributed by atoms with van der Waals surface area (Å²) in [5.74, 6) is -0.376. The van der Waals surface area contributed by atoms with Crippen LogP contribution >= 0.6 is 0 Å². The lowest BCUT2D eigenvalue weighted by molar-refractivity contribution is -0.122. The summed E-state index contributed by atoms with van der Waals surface area (Å²) in [6.45, 7) is 0.352. The summed E-state index contributed by atoms with van der Waals surface area (Å²) in [6.07, 6.45) is 0.272. The summed E-state index contributed by atoms with van der Waals surface area (Å²) in [5, 5.41) is 19.8. The molecule has 0 aromatic carbocycles. The van der Waals surface area contributed by atoms with Gasteiger partial charge < -0.3 is 25.0 Å². The Hall–Kier alpha value is -1.27. The van der Waals surface area contributed by atoms with Crippen LogP contribution in [-0.2, 0) is 14.3 Å². The molecule has 14 heavy (non-hydrogen) atoms. The molecule has 6 heteroatoms. The molecule has 0 saturated carbocycles. The molecule has 0 aromatic heterocycles. The van der Waals surface area contributed by atoms with Crippen molar-refractivity contribution in [1.82, 2.24) is 5.32 Å². The molecule has 0 radical (unpaired) electrons. The zero-order chi connectivity index (χ0) is 10.4. The van der Waals surface area contributed by atoms with E-state index in [1.54, 1.807) is 0 Å². The highest BCUT2D eigenvalue weighted by atomic mass is 16.6. The van der Waals surface area contributed by atoms with Crippen molar-refractivity contribution in [1.29, 1.82) is 0 Å². The Morgan fingerprint density at radius 2 is 2.43 bits per heavy atom. The van der Waals surface area contributed by atoms with Crippen LogP contribution in [0.15, 0.2) is 12.0 Å². The standard InChI is InChI=1S/C8H13NO5/c10-4-6(11)3-9-8(12)7-5-13-1-2-14-7/h5-6,10-11H,1-4H2,(H,9,12). The van der Waals surface area contributed by atoms with Gasteiger partial charge in [-0.1, -0.05) is 0 Å². The number of hydrogen-bond donors (Lipinski definition) is 3. The van der Waals surface area contributed by atoms with Gasteiger partial charge in [0.05, 0.1) is 12.7 Å². The molecule has 0 aliphatic carbocycles. The quantitative estimate of drug-likeness (QED) is 0.509. The molecule has 80 valence electrons. The Bertz CT molecular complexity index is 228. The van der Waals surface area contributed by atoms with Crippen molar-refractivity contribution in [2.24, 2.45) is 0 Å². The van der Waals surface area contributed by atoms with E-state index in [-0.39, 0.29) is 12.3 Å². The van der Waals surface area contributed by atoms with E-state index in [4.69, 9.17) is 19.7 Å². The van der Waals surface area contributed by atoms with Crippen LogP contribution in [0.2, 0.25) is 0 Å². The van der Waals surface area contributed by atoms with E-state index in [9.17, 15) is 4.79 Å². The van der Waals surface area contributed by atoms with E-state index in [0.717, 1.165) is 0 Å². The summed E-state index contributed by atoms with van der Waals surface area (Å²) in [6, 6.07) is 0. The van der Waals surface area contributed by atoms with Crippen molar-refractivity contribution in [3.63, 3.8) is 0 Å². The SMILES string of the molecule is O=C(NCC(O)CO)C1=COCCO1. The second-order valence-corrected chi connectivity index (χ2v) is 2.75. The third-order valence-corrected chi connectivity index (χ3v) is 1.58. The van der Waals surface area contributed by atoms with Gasteiger partial charge in [-0.15, -0.1) is 0 Å². The van der Waals surface area contributed by atoms with E-state index in [1.807, 2.05) is 0 Å². The lowest BCUT2D eigenvalue weighted by Crippen LogP contribution is -2.36. The van der Waals surface area contributed by atoms with Crippen LogP contribution in [0.4, 0.5) is 0 Å². The van der Waals surface area contributed by atoms with Crippen LogP contribution in [0.25, 0.3) is 0 Å². The molecule has 0 spiro atoms. The van der Waals surface area contributed by atoms with Gasteiger partial charge in [-0.2, -0.15) is 0 Å². The molecule has 1 heterocycles. The van der Waals surface area contributed by atoms with E-state index in [0.29, 0.717) is 13.2 Å². The number of carbonyl (C=O) groups excluding carboxylic acids is 1. The number of carbonyl (C=O) groups is 1. The molecular weight excluding hydrogens is 190 g/mol. The number of hydrogen-bond acceptors (Lipinski definition) is 5. The highest BCUT2D eigenvalue weighted by Gasteiger charge is 2.15. The van der Waals surface area contributed by atoms with Gasteiger partial charge in [0.25, 0.3) is 5.91 Å². The van der Waals surface area contributed by atoms with Crippen molar-refractivity contribution in [2.75, 3.05) is 26.4 Å². The Labute approximate surface area is 81.1 Å². The van der Waals surface area contributed by atoms with E-state index >= 15 is 0 Å². The summed E-state index contributed by atoms with van der Waals surface area (Å²) < 4.78 is 9.86. The van der Waals surface area contributed by atoms with Gasteiger partial charge in [-0.25, -0.2) is 0 Å². The van der Waals surface area contributed by atoms with Crippen molar-refractivity contribution in [3.05, 3.63) is 12.0 Å². The normalized spacial score (nSPS) is 17.4. The number of amides is 1. The summed E-state index contributed by atoms with van der Waals surface area (Å²) >= 11 is 0. The molecule has 1 rings (SSSR count). The third-order valence-electron chi connectivity index (χ3n) is 1.58. The number of nitrogens with one attached hydrogen (secondary N) is 1. The van der Waals surface area contributed by atoms with Crippen LogP contribution in [-0.4, -0.2) is 48.6 Å². The fourth-order valence-corrected chi connectivity index (χ4v) is 0.850. The topological polar surface area (TPSA) is 88.0 Å². The first kappa shape index (κ1) is 10.8. The van der Waals surface area contributed by atoms with Crippen molar-refractivity contribution in [3.8, 4) is 0 Å². The minimum absolute atomic E-state index is 0.0178. The fraction of sp³-hybridized carbons (Fsp3) is 0.625. The smallest absolute Gasteiger partial charge is 0.289 e. The highest BCUT2D eigenvalue weighted by molar-refractivity contribution is 5.91. The van der Waals surface area contributed by atoms with E-state index in [2.05, 4.69) is 5.32 Å². The van der Waals surface area contributed by atoms with Crippen LogP contribution in [0.5, 0.6) is 0 Å². The molecule has 1 amide bonds. The molecule has 6 nitrogen and oxygen atoms in total. The predicted octanol–water partition coefficient (Wildman–Crippen LogP) is -1.66.